The molecule has 0 aliphatic rings. The Morgan fingerprint density at radius 1 is 0.778 bits per heavy atom. The van der Waals surface area contributed by atoms with Crippen LogP contribution < -0.4 is 11.7 Å². The third-order valence-corrected chi connectivity index (χ3v) is 1.85. The second kappa shape index (κ2) is 5.61. The fourth-order valence-electron chi connectivity index (χ4n) is 0.527. The molecular formula is C10H22N4O4. The second-order valence-electron chi connectivity index (χ2n) is 5.75. The average Bonchev–Trinajstić information content (AvgIpc) is 2.14. The van der Waals surface area contributed by atoms with E-state index in [1.54, 1.807) is 41.5 Å². The molecule has 0 aliphatic carbocycles. The van der Waals surface area contributed by atoms with Crippen molar-refractivity contribution in [2.75, 3.05) is 0 Å². The van der Waals surface area contributed by atoms with Crippen LogP contribution in [0.15, 0.2) is 0 Å². The summed E-state index contributed by atoms with van der Waals surface area (Å²) in [5.41, 5.74) is -1.27. The number of hydrogen-bond donors (Lipinski definition) is 2. The summed E-state index contributed by atoms with van der Waals surface area (Å²) in [6.45, 7) is 10.2. The topological polar surface area (TPSA) is 111 Å². The van der Waals surface area contributed by atoms with Gasteiger partial charge in [0.05, 0.1) is 11.1 Å². The fraction of sp³-hybridized carbons (Fsp3) is 0.800. The predicted molar refractivity (Wildman–Crippen MR) is 63.7 cm³/mol. The van der Waals surface area contributed by atoms with Crippen molar-refractivity contribution in [1.29, 1.82) is 0 Å². The van der Waals surface area contributed by atoms with E-state index in [0.717, 1.165) is 10.3 Å². The molecule has 4 N–H and O–H groups in total. The number of hydrazine groups is 2. The lowest BCUT2D eigenvalue weighted by molar-refractivity contribution is -0.242. The Bertz CT molecular complexity index is 287. The van der Waals surface area contributed by atoms with Gasteiger partial charge in [-0.15, -0.1) is 0 Å². The highest BCUT2D eigenvalue weighted by Crippen LogP contribution is 2.11. The predicted octanol–water partition coefficient (Wildman–Crippen LogP) is -0.149. The van der Waals surface area contributed by atoms with Crippen molar-refractivity contribution in [1.82, 2.24) is 10.3 Å². The SMILES string of the molecule is CC(C)(C)N(N)OC(=O)C(=O)ON(N)C(C)(C)C. The zero-order valence-corrected chi connectivity index (χ0v) is 11.7. The molecule has 0 saturated heterocycles. The summed E-state index contributed by atoms with van der Waals surface area (Å²) < 4.78 is 0. The van der Waals surface area contributed by atoms with Gasteiger partial charge >= 0.3 is 11.9 Å². The third-order valence-electron chi connectivity index (χ3n) is 1.85. The summed E-state index contributed by atoms with van der Waals surface area (Å²) in [7, 11) is 0. The minimum Gasteiger partial charge on any atom is -0.343 e. The number of carbonyl (C=O) groups excluding carboxylic acids is 2. The molecule has 0 fully saturated rings. The molecule has 0 spiro atoms. The van der Waals surface area contributed by atoms with Crippen molar-refractivity contribution in [2.45, 2.75) is 52.6 Å². The maximum absolute atomic E-state index is 11.4. The Hall–Kier alpha value is -1.22. The summed E-state index contributed by atoms with van der Waals surface area (Å²) >= 11 is 0. The zero-order valence-electron chi connectivity index (χ0n) is 11.7. The molecule has 106 valence electrons. The molecule has 0 unspecified atom stereocenters. The highest BCUT2D eigenvalue weighted by Gasteiger charge is 2.30. The van der Waals surface area contributed by atoms with Gasteiger partial charge in [-0.3, -0.25) is 0 Å². The minimum absolute atomic E-state index is 0.637. The van der Waals surface area contributed by atoms with E-state index in [9.17, 15) is 9.59 Å². The maximum Gasteiger partial charge on any atom is 0.439 e. The first-order valence-electron chi connectivity index (χ1n) is 5.40. The maximum atomic E-state index is 11.4. The van der Waals surface area contributed by atoms with Crippen molar-refractivity contribution in [3.05, 3.63) is 0 Å². The van der Waals surface area contributed by atoms with Crippen LogP contribution in [0, 0.1) is 0 Å². The van der Waals surface area contributed by atoms with E-state index in [2.05, 4.69) is 9.68 Å². The molecule has 0 atom stereocenters. The highest BCUT2D eigenvalue weighted by atomic mass is 16.8. The molecule has 8 nitrogen and oxygen atoms in total. The summed E-state index contributed by atoms with van der Waals surface area (Å²) in [6.07, 6.45) is 0. The van der Waals surface area contributed by atoms with Crippen molar-refractivity contribution < 1.29 is 19.3 Å². The lowest BCUT2D eigenvalue weighted by atomic mass is 10.1. The van der Waals surface area contributed by atoms with Crippen LogP contribution in [0.25, 0.3) is 0 Å². The monoisotopic (exact) mass is 262 g/mol. The first-order valence-corrected chi connectivity index (χ1v) is 5.40. The third kappa shape index (κ3) is 5.41. The van der Waals surface area contributed by atoms with Crippen molar-refractivity contribution >= 4 is 11.9 Å². The molecule has 0 amide bonds. The van der Waals surface area contributed by atoms with E-state index in [1.165, 1.54) is 0 Å². The Morgan fingerprint density at radius 2 is 1.00 bits per heavy atom. The Labute approximate surface area is 107 Å². The molecular weight excluding hydrogens is 240 g/mol. The summed E-state index contributed by atoms with van der Waals surface area (Å²) in [6, 6.07) is 0. The van der Waals surface area contributed by atoms with E-state index in [1.807, 2.05) is 0 Å². The zero-order chi connectivity index (χ0) is 14.7. The van der Waals surface area contributed by atoms with Crippen molar-refractivity contribution in [3.63, 3.8) is 0 Å². The largest absolute Gasteiger partial charge is 0.439 e. The Kier molecular flexibility index (Phi) is 5.23. The second-order valence-corrected chi connectivity index (χ2v) is 5.75. The van der Waals surface area contributed by atoms with Gasteiger partial charge < -0.3 is 9.68 Å². The van der Waals surface area contributed by atoms with Gasteiger partial charge in [-0.05, 0) is 41.5 Å². The van der Waals surface area contributed by atoms with Crippen LogP contribution in [0.4, 0.5) is 0 Å². The van der Waals surface area contributed by atoms with Gasteiger partial charge in [0.2, 0.25) is 0 Å². The molecule has 0 bridgehead atoms. The smallest absolute Gasteiger partial charge is 0.343 e. The van der Waals surface area contributed by atoms with Gasteiger partial charge in [0.15, 0.2) is 0 Å². The van der Waals surface area contributed by atoms with E-state index in [-0.39, 0.29) is 0 Å². The van der Waals surface area contributed by atoms with Crippen LogP contribution >= 0.6 is 0 Å². The van der Waals surface area contributed by atoms with Gasteiger partial charge in [0, 0.05) is 0 Å². The highest BCUT2D eigenvalue weighted by molar-refractivity contribution is 6.29. The molecule has 0 aliphatic heterocycles. The summed E-state index contributed by atoms with van der Waals surface area (Å²) in [4.78, 5) is 31.9. The van der Waals surface area contributed by atoms with E-state index in [4.69, 9.17) is 11.7 Å². The normalized spacial score (nSPS) is 12.8. The molecule has 8 heteroatoms. The van der Waals surface area contributed by atoms with Gasteiger partial charge in [-0.1, -0.05) is 10.3 Å². The van der Waals surface area contributed by atoms with E-state index in [0.29, 0.717) is 0 Å². The standard InChI is InChI=1S/C10H22N4O4/c1-9(2,3)13(11)17-7(15)8(16)18-14(12)10(4,5)6/h11-12H2,1-6H3. The number of carbonyl (C=O) groups is 2. The Morgan fingerprint density at radius 3 is 1.17 bits per heavy atom. The van der Waals surface area contributed by atoms with Crippen LogP contribution in [0.2, 0.25) is 0 Å². The first-order chi connectivity index (χ1) is 7.85. The summed E-state index contributed by atoms with van der Waals surface area (Å²) in [5, 5.41) is 1.54. The quantitative estimate of drug-likeness (QED) is 0.401. The fourth-order valence-corrected chi connectivity index (χ4v) is 0.527. The van der Waals surface area contributed by atoms with Crippen LogP contribution in [0.3, 0.4) is 0 Å². The number of nitrogens with two attached hydrogens (primary N) is 2. The van der Waals surface area contributed by atoms with Gasteiger partial charge in [0.25, 0.3) is 0 Å². The number of hydroxylamine groups is 2. The molecule has 18 heavy (non-hydrogen) atoms. The molecule has 0 radical (unpaired) electrons. The van der Waals surface area contributed by atoms with Crippen LogP contribution in [-0.2, 0) is 19.3 Å². The minimum atomic E-state index is -1.24. The molecule has 0 aromatic heterocycles. The van der Waals surface area contributed by atoms with Gasteiger partial charge in [-0.25, -0.2) is 21.3 Å². The van der Waals surface area contributed by atoms with Crippen molar-refractivity contribution in [2.24, 2.45) is 11.7 Å². The Balaban J connectivity index is 4.42. The van der Waals surface area contributed by atoms with Crippen LogP contribution in [-0.4, -0.2) is 33.4 Å². The first kappa shape index (κ1) is 16.8. The van der Waals surface area contributed by atoms with Crippen molar-refractivity contribution in [3.8, 4) is 0 Å². The van der Waals surface area contributed by atoms with Crippen LogP contribution in [0.1, 0.15) is 41.5 Å². The van der Waals surface area contributed by atoms with E-state index >= 15 is 0 Å². The van der Waals surface area contributed by atoms with E-state index < -0.39 is 23.0 Å². The molecule has 0 aromatic carbocycles. The number of rotatable bonds is 2. The molecule has 0 saturated carbocycles. The lowest BCUT2D eigenvalue weighted by Crippen LogP contribution is -2.51. The van der Waals surface area contributed by atoms with Crippen LogP contribution in [0.5, 0.6) is 0 Å². The molecule has 0 rings (SSSR count). The van der Waals surface area contributed by atoms with Gasteiger partial charge in [-0.2, -0.15) is 0 Å². The number of nitrogens with zero attached hydrogens (tertiary/aromatic N) is 2. The molecule has 0 aromatic rings. The van der Waals surface area contributed by atoms with Gasteiger partial charge in [0.1, 0.15) is 0 Å². The summed E-state index contributed by atoms with van der Waals surface area (Å²) in [5.74, 6) is 8.40. The molecule has 0 heterocycles. The average molecular weight is 262 g/mol. The number of hydrogen-bond acceptors (Lipinski definition) is 8. The lowest BCUT2D eigenvalue weighted by Gasteiger charge is -2.30.